The predicted molar refractivity (Wildman–Crippen MR) is 81.0 cm³/mol. The number of hydrogen-bond acceptors (Lipinski definition) is 2. The third-order valence-corrected chi connectivity index (χ3v) is 4.24. The average molecular weight is 329 g/mol. The van der Waals surface area contributed by atoms with E-state index in [1.54, 1.807) is 7.11 Å². The van der Waals surface area contributed by atoms with E-state index in [-0.39, 0.29) is 18.4 Å². The lowest BCUT2D eigenvalue weighted by molar-refractivity contribution is -0.137. The third-order valence-electron chi connectivity index (χ3n) is 4.24. The fourth-order valence-corrected chi connectivity index (χ4v) is 2.97. The van der Waals surface area contributed by atoms with Gasteiger partial charge in [0.05, 0.1) is 12.0 Å². The largest absolute Gasteiger partial charge is 0.416 e. The second kappa shape index (κ2) is 7.81. The molecule has 1 aliphatic heterocycles. The van der Waals surface area contributed by atoms with Crippen LogP contribution in [0.3, 0.4) is 0 Å². The highest BCUT2D eigenvalue weighted by molar-refractivity contribution is 5.79. The van der Waals surface area contributed by atoms with Gasteiger partial charge in [-0.1, -0.05) is 12.1 Å². The van der Waals surface area contributed by atoms with Crippen LogP contribution in [-0.4, -0.2) is 37.1 Å². The van der Waals surface area contributed by atoms with Crippen LogP contribution in [0.5, 0.6) is 0 Å². The Kier molecular flexibility index (Phi) is 6.04. The lowest BCUT2D eigenvalue weighted by atomic mass is 9.98. The van der Waals surface area contributed by atoms with Crippen LogP contribution >= 0.6 is 0 Å². The number of likely N-dealkylation sites (tertiary alicyclic amines) is 1. The molecule has 6 heteroatoms. The van der Waals surface area contributed by atoms with Gasteiger partial charge in [0.25, 0.3) is 0 Å². The molecule has 0 aliphatic carbocycles. The Labute approximate surface area is 134 Å². The van der Waals surface area contributed by atoms with Crippen molar-refractivity contribution in [3.8, 4) is 0 Å². The Bertz CT molecular complexity index is 514. The minimum Gasteiger partial charge on any atom is -0.385 e. The molecule has 0 bridgehead atoms. The summed E-state index contributed by atoms with van der Waals surface area (Å²) in [6.07, 6.45) is -0.375. The summed E-state index contributed by atoms with van der Waals surface area (Å²) in [5.74, 6) is -0.0226. The van der Waals surface area contributed by atoms with E-state index < -0.39 is 11.7 Å². The van der Waals surface area contributed by atoms with Gasteiger partial charge in [0, 0.05) is 26.3 Å². The quantitative estimate of drug-likeness (QED) is 0.825. The minimum atomic E-state index is -4.35. The summed E-state index contributed by atoms with van der Waals surface area (Å²) in [7, 11) is 1.64. The molecule has 1 aromatic rings. The average Bonchev–Trinajstić information content (AvgIpc) is 2.53. The Morgan fingerprint density at radius 2 is 1.96 bits per heavy atom. The lowest BCUT2D eigenvalue weighted by Crippen LogP contribution is -2.44. The predicted octanol–water partition coefficient (Wildman–Crippen LogP) is 3.67. The highest BCUT2D eigenvalue weighted by Crippen LogP contribution is 2.29. The van der Waals surface area contributed by atoms with Gasteiger partial charge in [-0.2, -0.15) is 13.2 Å². The molecule has 23 heavy (non-hydrogen) atoms. The molecule has 2 rings (SSSR count). The van der Waals surface area contributed by atoms with Crippen LogP contribution in [0.25, 0.3) is 0 Å². The van der Waals surface area contributed by atoms with Crippen LogP contribution < -0.4 is 0 Å². The molecule has 3 nitrogen and oxygen atoms in total. The second-order valence-electron chi connectivity index (χ2n) is 5.89. The first kappa shape index (κ1) is 17.8. The molecular formula is C17H22F3NO2. The maximum atomic E-state index is 12.6. The summed E-state index contributed by atoms with van der Waals surface area (Å²) >= 11 is 0. The van der Waals surface area contributed by atoms with Gasteiger partial charge in [0.2, 0.25) is 5.91 Å². The number of rotatable bonds is 5. The van der Waals surface area contributed by atoms with Crippen LogP contribution in [-0.2, 0) is 22.1 Å². The fraction of sp³-hybridized carbons (Fsp3) is 0.588. The van der Waals surface area contributed by atoms with Crippen molar-refractivity contribution in [1.82, 2.24) is 4.90 Å². The van der Waals surface area contributed by atoms with E-state index in [9.17, 15) is 18.0 Å². The molecule has 1 atom stereocenters. The Morgan fingerprint density at radius 3 is 2.57 bits per heavy atom. The number of carbonyl (C=O) groups is 1. The maximum absolute atomic E-state index is 12.6. The smallest absolute Gasteiger partial charge is 0.385 e. The topological polar surface area (TPSA) is 29.5 Å². The summed E-state index contributed by atoms with van der Waals surface area (Å²) in [5, 5.41) is 0. The number of methoxy groups -OCH3 is 1. The molecule has 1 aromatic carbocycles. The Hall–Kier alpha value is -1.56. The number of amides is 1. The number of piperidine rings is 1. The van der Waals surface area contributed by atoms with Gasteiger partial charge in [-0.25, -0.2) is 0 Å². The van der Waals surface area contributed by atoms with Crippen molar-refractivity contribution in [2.75, 3.05) is 20.3 Å². The fourth-order valence-electron chi connectivity index (χ4n) is 2.97. The number of benzene rings is 1. The van der Waals surface area contributed by atoms with Crippen LogP contribution in [0.1, 0.15) is 36.8 Å². The summed E-state index contributed by atoms with van der Waals surface area (Å²) in [6.45, 7) is 1.32. The standard InChI is InChI=1S/C17H22F3NO2/c1-23-11-9-15-4-2-3-10-21(15)16(22)12-13-5-7-14(8-6-13)17(18,19)20/h5-8,15H,2-4,9-12H2,1H3/t15-/m0/s1. The third kappa shape index (κ3) is 4.96. The monoisotopic (exact) mass is 329 g/mol. The second-order valence-corrected chi connectivity index (χ2v) is 5.89. The Balaban J connectivity index is 1.99. The van der Waals surface area contributed by atoms with Crippen molar-refractivity contribution in [2.24, 2.45) is 0 Å². The lowest BCUT2D eigenvalue weighted by Gasteiger charge is -2.36. The van der Waals surface area contributed by atoms with E-state index in [4.69, 9.17) is 4.74 Å². The molecule has 0 spiro atoms. The number of hydrogen-bond donors (Lipinski definition) is 0. The van der Waals surface area contributed by atoms with E-state index >= 15 is 0 Å². The molecular weight excluding hydrogens is 307 g/mol. The number of alkyl halides is 3. The molecule has 0 N–H and O–H groups in total. The van der Waals surface area contributed by atoms with Crippen molar-refractivity contribution < 1.29 is 22.7 Å². The molecule has 128 valence electrons. The van der Waals surface area contributed by atoms with Crippen molar-refractivity contribution >= 4 is 5.91 Å². The van der Waals surface area contributed by atoms with Gasteiger partial charge >= 0.3 is 6.18 Å². The van der Waals surface area contributed by atoms with Crippen molar-refractivity contribution in [2.45, 2.75) is 44.3 Å². The molecule has 1 aliphatic rings. The van der Waals surface area contributed by atoms with Gasteiger partial charge < -0.3 is 9.64 Å². The van der Waals surface area contributed by atoms with Crippen LogP contribution in [0.2, 0.25) is 0 Å². The minimum absolute atomic E-state index is 0.0226. The molecule has 1 fully saturated rings. The van der Waals surface area contributed by atoms with Gasteiger partial charge in [0.1, 0.15) is 0 Å². The zero-order valence-electron chi connectivity index (χ0n) is 13.2. The maximum Gasteiger partial charge on any atom is 0.416 e. The summed E-state index contributed by atoms with van der Waals surface area (Å²) < 4.78 is 42.8. The number of nitrogens with zero attached hydrogens (tertiary/aromatic N) is 1. The molecule has 0 radical (unpaired) electrons. The molecule has 1 saturated heterocycles. The summed E-state index contributed by atoms with van der Waals surface area (Å²) in [6, 6.07) is 5.00. The first-order valence-corrected chi connectivity index (χ1v) is 7.86. The van der Waals surface area contributed by atoms with E-state index in [1.165, 1.54) is 12.1 Å². The molecule has 1 amide bonds. The highest BCUT2D eigenvalue weighted by atomic mass is 19.4. The molecule has 0 unspecified atom stereocenters. The number of halogens is 3. The molecule has 0 aromatic heterocycles. The Morgan fingerprint density at radius 1 is 1.26 bits per heavy atom. The normalized spacial score (nSPS) is 19.0. The number of carbonyl (C=O) groups excluding carboxylic acids is 1. The first-order valence-electron chi connectivity index (χ1n) is 7.86. The van der Waals surface area contributed by atoms with E-state index in [0.717, 1.165) is 37.8 Å². The van der Waals surface area contributed by atoms with Crippen LogP contribution in [0, 0.1) is 0 Å². The van der Waals surface area contributed by atoms with E-state index in [1.807, 2.05) is 4.90 Å². The summed E-state index contributed by atoms with van der Waals surface area (Å²) in [5.41, 5.74) is -0.0799. The van der Waals surface area contributed by atoms with Crippen LogP contribution in [0.15, 0.2) is 24.3 Å². The van der Waals surface area contributed by atoms with Crippen LogP contribution in [0.4, 0.5) is 13.2 Å². The van der Waals surface area contributed by atoms with E-state index in [2.05, 4.69) is 0 Å². The van der Waals surface area contributed by atoms with Crippen molar-refractivity contribution in [3.05, 3.63) is 35.4 Å². The van der Waals surface area contributed by atoms with Gasteiger partial charge in [-0.15, -0.1) is 0 Å². The van der Waals surface area contributed by atoms with Crippen molar-refractivity contribution in [3.63, 3.8) is 0 Å². The number of ether oxygens (including phenoxy) is 1. The summed E-state index contributed by atoms with van der Waals surface area (Å²) in [4.78, 5) is 14.3. The van der Waals surface area contributed by atoms with Gasteiger partial charge in [-0.05, 0) is 43.4 Å². The van der Waals surface area contributed by atoms with Crippen molar-refractivity contribution in [1.29, 1.82) is 0 Å². The highest BCUT2D eigenvalue weighted by Gasteiger charge is 2.30. The zero-order valence-corrected chi connectivity index (χ0v) is 13.2. The molecule has 0 saturated carbocycles. The molecule has 1 heterocycles. The SMILES string of the molecule is COCC[C@@H]1CCCCN1C(=O)Cc1ccc(C(F)(F)F)cc1. The van der Waals surface area contributed by atoms with E-state index in [0.29, 0.717) is 18.7 Å². The zero-order chi connectivity index (χ0) is 16.9. The van der Waals surface area contributed by atoms with Gasteiger partial charge in [0.15, 0.2) is 0 Å². The van der Waals surface area contributed by atoms with Gasteiger partial charge in [-0.3, -0.25) is 4.79 Å². The first-order chi connectivity index (χ1) is 10.9.